The minimum absolute atomic E-state index is 0.0453. The highest BCUT2D eigenvalue weighted by Gasteiger charge is 2.41. The van der Waals surface area contributed by atoms with E-state index >= 15 is 0 Å². The van der Waals surface area contributed by atoms with Gasteiger partial charge in [0.05, 0.1) is 5.92 Å². The summed E-state index contributed by atoms with van der Waals surface area (Å²) < 4.78 is 40.3. The fraction of sp³-hybridized carbons (Fsp3) is 0.300. The van der Waals surface area contributed by atoms with Crippen molar-refractivity contribution >= 4 is 23.3 Å². The molecule has 3 rings (SSSR count). The van der Waals surface area contributed by atoms with Gasteiger partial charge in [-0.25, -0.2) is 4.79 Å². The van der Waals surface area contributed by atoms with Gasteiger partial charge < -0.3 is 10.6 Å². The Bertz CT molecular complexity index is 840. The normalized spacial score (nSPS) is 15.7. The zero-order valence-electron chi connectivity index (χ0n) is 15.0. The topological polar surface area (TPSA) is 61.4 Å². The van der Waals surface area contributed by atoms with E-state index in [1.807, 2.05) is 0 Å². The SMILES string of the molecule is O=C(C[C@H](c1ccccc1)C(F)(F)F)Nc1cccc(N2CCCNC2=O)c1. The monoisotopic (exact) mass is 391 g/mol. The van der Waals surface area contributed by atoms with Gasteiger partial charge in [-0.15, -0.1) is 0 Å². The number of hydrogen-bond acceptors (Lipinski definition) is 2. The smallest absolute Gasteiger partial charge is 0.338 e. The summed E-state index contributed by atoms with van der Waals surface area (Å²) in [6.07, 6.45) is -4.47. The van der Waals surface area contributed by atoms with Crippen molar-refractivity contribution in [3.8, 4) is 0 Å². The number of alkyl halides is 3. The van der Waals surface area contributed by atoms with Crippen LogP contribution >= 0.6 is 0 Å². The van der Waals surface area contributed by atoms with Gasteiger partial charge in [-0.3, -0.25) is 9.69 Å². The first kappa shape index (κ1) is 19.7. The van der Waals surface area contributed by atoms with E-state index in [2.05, 4.69) is 10.6 Å². The number of urea groups is 1. The Labute approximate surface area is 160 Å². The third kappa shape index (κ3) is 4.82. The van der Waals surface area contributed by atoms with E-state index < -0.39 is 24.4 Å². The van der Waals surface area contributed by atoms with E-state index in [1.54, 1.807) is 30.3 Å². The number of nitrogens with one attached hydrogen (secondary N) is 2. The summed E-state index contributed by atoms with van der Waals surface area (Å²) in [6.45, 7) is 1.14. The largest absolute Gasteiger partial charge is 0.396 e. The highest BCUT2D eigenvalue weighted by molar-refractivity contribution is 5.95. The van der Waals surface area contributed by atoms with Crippen molar-refractivity contribution in [3.05, 3.63) is 60.2 Å². The molecule has 3 amide bonds. The van der Waals surface area contributed by atoms with Gasteiger partial charge in [0.15, 0.2) is 0 Å². The highest BCUT2D eigenvalue weighted by Crippen LogP contribution is 2.37. The van der Waals surface area contributed by atoms with Crippen molar-refractivity contribution in [3.63, 3.8) is 0 Å². The Morgan fingerprint density at radius 3 is 2.57 bits per heavy atom. The number of halogens is 3. The number of hydrogen-bond donors (Lipinski definition) is 2. The first-order valence-electron chi connectivity index (χ1n) is 8.91. The van der Waals surface area contributed by atoms with Gasteiger partial charge in [0, 0.05) is 30.9 Å². The van der Waals surface area contributed by atoms with Crippen LogP contribution in [0.25, 0.3) is 0 Å². The van der Waals surface area contributed by atoms with E-state index in [0.717, 1.165) is 6.42 Å². The fourth-order valence-corrected chi connectivity index (χ4v) is 3.13. The van der Waals surface area contributed by atoms with Crippen molar-refractivity contribution in [2.75, 3.05) is 23.3 Å². The number of rotatable bonds is 5. The van der Waals surface area contributed by atoms with Crippen molar-refractivity contribution in [2.24, 2.45) is 0 Å². The van der Waals surface area contributed by atoms with Crippen LogP contribution in [0.4, 0.5) is 29.3 Å². The molecule has 2 aromatic rings. The van der Waals surface area contributed by atoms with Crippen LogP contribution in [0.2, 0.25) is 0 Å². The molecule has 0 aromatic heterocycles. The zero-order chi connectivity index (χ0) is 20.1. The van der Waals surface area contributed by atoms with Gasteiger partial charge in [0.25, 0.3) is 0 Å². The Morgan fingerprint density at radius 1 is 1.14 bits per heavy atom. The average Bonchev–Trinajstić information content (AvgIpc) is 2.66. The van der Waals surface area contributed by atoms with Crippen molar-refractivity contribution in [2.45, 2.75) is 24.9 Å². The molecule has 148 valence electrons. The third-order valence-electron chi connectivity index (χ3n) is 4.51. The Balaban J connectivity index is 1.72. The van der Waals surface area contributed by atoms with Crippen molar-refractivity contribution < 1.29 is 22.8 Å². The molecule has 0 bridgehead atoms. The first-order chi connectivity index (χ1) is 13.3. The summed E-state index contributed by atoms with van der Waals surface area (Å²) in [7, 11) is 0. The Morgan fingerprint density at radius 2 is 1.89 bits per heavy atom. The molecule has 28 heavy (non-hydrogen) atoms. The van der Waals surface area contributed by atoms with Gasteiger partial charge in [0.2, 0.25) is 5.91 Å². The molecule has 1 fully saturated rings. The maximum atomic E-state index is 13.4. The lowest BCUT2D eigenvalue weighted by molar-refractivity contribution is -0.155. The fourth-order valence-electron chi connectivity index (χ4n) is 3.13. The Kier molecular flexibility index (Phi) is 5.87. The second-order valence-corrected chi connectivity index (χ2v) is 6.54. The van der Waals surface area contributed by atoms with Crippen LogP contribution in [0, 0.1) is 0 Å². The molecule has 1 heterocycles. The summed E-state index contributed by atoms with van der Waals surface area (Å²) >= 11 is 0. The lowest BCUT2D eigenvalue weighted by Gasteiger charge is -2.27. The molecule has 0 radical (unpaired) electrons. The van der Waals surface area contributed by atoms with Crippen LogP contribution < -0.4 is 15.5 Å². The number of carbonyl (C=O) groups excluding carboxylic acids is 2. The molecule has 0 saturated carbocycles. The summed E-state index contributed by atoms with van der Waals surface area (Å²) in [4.78, 5) is 25.8. The molecule has 1 saturated heterocycles. The number of amides is 3. The second kappa shape index (κ2) is 8.33. The van der Waals surface area contributed by atoms with Gasteiger partial charge in [0.1, 0.15) is 0 Å². The number of nitrogens with zero attached hydrogens (tertiary/aromatic N) is 1. The van der Waals surface area contributed by atoms with Crippen molar-refractivity contribution in [1.29, 1.82) is 0 Å². The van der Waals surface area contributed by atoms with E-state index in [1.165, 1.54) is 29.2 Å². The standard InChI is InChI=1S/C20H20F3N3O2/c21-20(22,23)17(14-6-2-1-3-7-14)13-18(27)25-15-8-4-9-16(12-15)26-11-5-10-24-19(26)28/h1-4,6-9,12,17H,5,10-11,13H2,(H,24,28)(H,25,27)/t17-/m1/s1. The second-order valence-electron chi connectivity index (χ2n) is 6.54. The van der Waals surface area contributed by atoms with Crippen LogP contribution in [-0.4, -0.2) is 31.2 Å². The lowest BCUT2D eigenvalue weighted by atomic mass is 9.94. The summed E-state index contributed by atoms with van der Waals surface area (Å²) in [6, 6.07) is 13.6. The molecule has 8 heteroatoms. The van der Waals surface area contributed by atoms with E-state index in [-0.39, 0.29) is 11.6 Å². The van der Waals surface area contributed by atoms with Crippen LogP contribution in [0.3, 0.4) is 0 Å². The average molecular weight is 391 g/mol. The van der Waals surface area contributed by atoms with E-state index in [9.17, 15) is 22.8 Å². The zero-order valence-corrected chi connectivity index (χ0v) is 15.0. The molecule has 0 aliphatic carbocycles. The molecule has 1 aliphatic rings. The van der Waals surface area contributed by atoms with Crippen LogP contribution in [0.5, 0.6) is 0 Å². The van der Waals surface area contributed by atoms with E-state index in [4.69, 9.17) is 0 Å². The molecule has 0 spiro atoms. The molecular weight excluding hydrogens is 371 g/mol. The molecule has 2 aromatic carbocycles. The Hall–Kier alpha value is -3.03. The third-order valence-corrected chi connectivity index (χ3v) is 4.51. The maximum Gasteiger partial charge on any atom is 0.396 e. The molecule has 2 N–H and O–H groups in total. The number of carbonyl (C=O) groups is 2. The van der Waals surface area contributed by atoms with Crippen LogP contribution in [0.15, 0.2) is 54.6 Å². The first-order valence-corrected chi connectivity index (χ1v) is 8.91. The number of benzene rings is 2. The molecule has 5 nitrogen and oxygen atoms in total. The van der Waals surface area contributed by atoms with Gasteiger partial charge in [-0.2, -0.15) is 13.2 Å². The summed E-state index contributed by atoms with van der Waals surface area (Å²) in [5, 5.41) is 5.24. The molecule has 0 unspecified atom stereocenters. The number of anilines is 2. The summed E-state index contributed by atoms with van der Waals surface area (Å²) in [5.74, 6) is -2.63. The van der Waals surface area contributed by atoms with Gasteiger partial charge in [-0.1, -0.05) is 36.4 Å². The van der Waals surface area contributed by atoms with Crippen LogP contribution in [0.1, 0.15) is 24.3 Å². The minimum atomic E-state index is -4.54. The predicted molar refractivity (Wildman–Crippen MR) is 100 cm³/mol. The highest BCUT2D eigenvalue weighted by atomic mass is 19.4. The summed E-state index contributed by atoms with van der Waals surface area (Å²) in [5.41, 5.74) is 0.962. The molecule has 1 atom stereocenters. The van der Waals surface area contributed by atoms with Gasteiger partial charge >= 0.3 is 12.2 Å². The molecular formula is C20H20F3N3O2. The maximum absolute atomic E-state index is 13.4. The van der Waals surface area contributed by atoms with E-state index in [0.29, 0.717) is 24.5 Å². The van der Waals surface area contributed by atoms with Crippen molar-refractivity contribution in [1.82, 2.24) is 5.32 Å². The van der Waals surface area contributed by atoms with Gasteiger partial charge in [-0.05, 0) is 30.2 Å². The predicted octanol–water partition coefficient (Wildman–Crippen LogP) is 4.28. The lowest BCUT2D eigenvalue weighted by Crippen LogP contribution is -2.46. The molecule has 1 aliphatic heterocycles. The quantitative estimate of drug-likeness (QED) is 0.799. The minimum Gasteiger partial charge on any atom is -0.338 e. The van der Waals surface area contributed by atoms with Crippen LogP contribution in [-0.2, 0) is 4.79 Å².